The van der Waals surface area contributed by atoms with Gasteiger partial charge in [0.2, 0.25) is 5.91 Å². The smallest absolute Gasteiger partial charge is 0.416 e. The Labute approximate surface area is 220 Å². The number of carbonyl (C=O) groups excluding carboxylic acids is 3. The molecule has 2 N–H and O–H groups in total. The first-order valence-electron chi connectivity index (χ1n) is 11.1. The molecule has 0 bridgehead atoms. The summed E-state index contributed by atoms with van der Waals surface area (Å²) in [4.78, 5) is 36.0. The fourth-order valence-corrected chi connectivity index (χ4v) is 3.24. The zero-order chi connectivity index (χ0) is 27.7. The Hall–Kier alpha value is -4.25. The Morgan fingerprint density at radius 2 is 1.55 bits per heavy atom. The van der Waals surface area contributed by atoms with Gasteiger partial charge in [-0.05, 0) is 54.6 Å². The zero-order valence-corrected chi connectivity index (χ0v) is 20.7. The van der Waals surface area contributed by atoms with E-state index in [4.69, 9.17) is 25.8 Å². The van der Waals surface area contributed by atoms with Crippen LogP contribution in [0.3, 0.4) is 0 Å². The van der Waals surface area contributed by atoms with Crippen LogP contribution in [0.4, 0.5) is 24.5 Å². The average molecular weight is 551 g/mol. The maximum absolute atomic E-state index is 12.8. The summed E-state index contributed by atoms with van der Waals surface area (Å²) in [7, 11) is 1.53. The molecule has 0 saturated heterocycles. The molecule has 3 rings (SSSR count). The van der Waals surface area contributed by atoms with Crippen LogP contribution in [0.2, 0.25) is 5.02 Å². The Bertz CT molecular complexity index is 1300. The number of anilines is 2. The van der Waals surface area contributed by atoms with Gasteiger partial charge in [0.25, 0.3) is 5.91 Å². The second kappa shape index (κ2) is 12.8. The second-order valence-electron chi connectivity index (χ2n) is 7.73. The third-order valence-electron chi connectivity index (χ3n) is 4.92. The molecule has 0 spiro atoms. The van der Waals surface area contributed by atoms with Crippen LogP contribution in [0.1, 0.15) is 18.4 Å². The third kappa shape index (κ3) is 8.41. The molecular formula is C26H22ClF3N2O6. The van der Waals surface area contributed by atoms with E-state index < -0.39 is 36.1 Å². The summed E-state index contributed by atoms with van der Waals surface area (Å²) in [6, 6.07) is 16.1. The van der Waals surface area contributed by atoms with E-state index in [1.165, 1.54) is 7.11 Å². The highest BCUT2D eigenvalue weighted by molar-refractivity contribution is 6.33. The van der Waals surface area contributed by atoms with E-state index in [0.717, 1.165) is 12.1 Å². The summed E-state index contributed by atoms with van der Waals surface area (Å²) in [5.41, 5.74) is -0.812. The van der Waals surface area contributed by atoms with Crippen molar-refractivity contribution in [1.82, 2.24) is 0 Å². The lowest BCUT2D eigenvalue weighted by Crippen LogP contribution is -2.22. The number of benzene rings is 3. The molecule has 0 aliphatic carbocycles. The van der Waals surface area contributed by atoms with Gasteiger partial charge in [0, 0.05) is 12.1 Å². The number of nitrogens with one attached hydrogen (secondary N) is 2. The average Bonchev–Trinajstić information content (AvgIpc) is 2.88. The van der Waals surface area contributed by atoms with Crippen LogP contribution < -0.4 is 20.1 Å². The number of amides is 2. The van der Waals surface area contributed by atoms with Crippen LogP contribution in [0.15, 0.2) is 66.7 Å². The summed E-state index contributed by atoms with van der Waals surface area (Å²) in [5.74, 6) is -0.600. The Morgan fingerprint density at radius 1 is 0.868 bits per heavy atom. The first-order chi connectivity index (χ1) is 18.0. The van der Waals surface area contributed by atoms with Gasteiger partial charge < -0.3 is 24.8 Å². The number of esters is 1. The molecule has 2 amide bonds. The fraction of sp³-hybridized carbons (Fsp3) is 0.192. The summed E-state index contributed by atoms with van der Waals surface area (Å²) in [5, 5.41) is 4.66. The zero-order valence-electron chi connectivity index (χ0n) is 19.9. The van der Waals surface area contributed by atoms with E-state index in [9.17, 15) is 27.6 Å². The lowest BCUT2D eigenvalue weighted by atomic mass is 10.2. The normalized spacial score (nSPS) is 10.9. The van der Waals surface area contributed by atoms with Gasteiger partial charge in [-0.2, -0.15) is 13.2 Å². The summed E-state index contributed by atoms with van der Waals surface area (Å²) in [6.07, 6.45) is -5.17. The molecule has 0 unspecified atom stereocenters. The van der Waals surface area contributed by atoms with Crippen molar-refractivity contribution in [2.45, 2.75) is 19.0 Å². The van der Waals surface area contributed by atoms with Gasteiger partial charge in [-0.25, -0.2) is 0 Å². The quantitative estimate of drug-likeness (QED) is 0.297. The number of halogens is 4. The number of hydrogen-bond donors (Lipinski definition) is 2. The standard InChI is InChI=1S/C26H22ClF3N2O6/c1-36-21-4-2-3-5-22(21)38-18-9-7-17(8-10-18)31-23(33)12-13-25(35)37-15-24(34)32-20-14-16(26(28,29)30)6-11-19(20)27/h2-11,14H,12-13,15H2,1H3,(H,31,33)(H,32,34). The topological polar surface area (TPSA) is 103 Å². The molecule has 0 heterocycles. The molecule has 38 heavy (non-hydrogen) atoms. The molecule has 0 fully saturated rings. The lowest BCUT2D eigenvalue weighted by Gasteiger charge is -2.12. The van der Waals surface area contributed by atoms with Gasteiger partial charge in [0.1, 0.15) is 5.75 Å². The van der Waals surface area contributed by atoms with E-state index in [2.05, 4.69) is 10.6 Å². The first kappa shape index (κ1) is 28.3. The van der Waals surface area contributed by atoms with Gasteiger partial charge in [-0.3, -0.25) is 14.4 Å². The van der Waals surface area contributed by atoms with E-state index in [0.29, 0.717) is 29.0 Å². The Kier molecular flexibility index (Phi) is 9.55. The highest BCUT2D eigenvalue weighted by Gasteiger charge is 2.31. The maximum Gasteiger partial charge on any atom is 0.416 e. The van der Waals surface area contributed by atoms with Crippen molar-refractivity contribution < 1.29 is 41.8 Å². The van der Waals surface area contributed by atoms with Crippen molar-refractivity contribution in [3.05, 3.63) is 77.3 Å². The lowest BCUT2D eigenvalue weighted by molar-refractivity contribution is -0.147. The van der Waals surface area contributed by atoms with Gasteiger partial charge >= 0.3 is 12.1 Å². The van der Waals surface area contributed by atoms with Crippen molar-refractivity contribution in [3.8, 4) is 17.2 Å². The number of hydrogen-bond acceptors (Lipinski definition) is 6. The van der Waals surface area contributed by atoms with Crippen molar-refractivity contribution >= 4 is 40.8 Å². The number of alkyl halides is 3. The van der Waals surface area contributed by atoms with E-state index >= 15 is 0 Å². The molecule has 0 aromatic heterocycles. The Balaban J connectivity index is 1.41. The molecule has 0 radical (unpaired) electrons. The second-order valence-corrected chi connectivity index (χ2v) is 8.13. The largest absolute Gasteiger partial charge is 0.493 e. The Morgan fingerprint density at radius 3 is 2.21 bits per heavy atom. The molecule has 0 aliphatic rings. The van der Waals surface area contributed by atoms with Crippen molar-refractivity contribution in [1.29, 1.82) is 0 Å². The number of carbonyl (C=O) groups is 3. The monoisotopic (exact) mass is 550 g/mol. The predicted molar refractivity (Wildman–Crippen MR) is 133 cm³/mol. The molecule has 0 saturated carbocycles. The van der Waals surface area contributed by atoms with E-state index in [-0.39, 0.29) is 23.6 Å². The fourth-order valence-electron chi connectivity index (χ4n) is 3.08. The molecule has 200 valence electrons. The van der Waals surface area contributed by atoms with Crippen molar-refractivity contribution in [2.24, 2.45) is 0 Å². The minimum atomic E-state index is -4.62. The number of para-hydroxylation sites is 2. The molecule has 0 aliphatic heterocycles. The summed E-state index contributed by atoms with van der Waals surface area (Å²) < 4.78 is 54.3. The number of methoxy groups -OCH3 is 1. The molecule has 3 aromatic rings. The maximum atomic E-state index is 12.8. The molecule has 0 atom stereocenters. The van der Waals surface area contributed by atoms with Crippen LogP contribution in [-0.2, 0) is 25.3 Å². The van der Waals surface area contributed by atoms with E-state index in [1.54, 1.807) is 42.5 Å². The van der Waals surface area contributed by atoms with Crippen LogP contribution >= 0.6 is 11.6 Å². The van der Waals surface area contributed by atoms with Crippen LogP contribution in [0, 0.1) is 0 Å². The number of ether oxygens (including phenoxy) is 3. The number of rotatable bonds is 10. The third-order valence-corrected chi connectivity index (χ3v) is 5.25. The highest BCUT2D eigenvalue weighted by atomic mass is 35.5. The minimum Gasteiger partial charge on any atom is -0.493 e. The van der Waals surface area contributed by atoms with Gasteiger partial charge in [-0.1, -0.05) is 23.7 Å². The summed E-state index contributed by atoms with van der Waals surface area (Å²) >= 11 is 5.82. The van der Waals surface area contributed by atoms with Gasteiger partial charge in [0.05, 0.1) is 29.8 Å². The molecule has 8 nitrogen and oxygen atoms in total. The predicted octanol–water partition coefficient (Wildman–Crippen LogP) is 6.06. The van der Waals surface area contributed by atoms with Gasteiger partial charge in [0.15, 0.2) is 18.1 Å². The van der Waals surface area contributed by atoms with Crippen molar-refractivity contribution in [3.63, 3.8) is 0 Å². The molecular weight excluding hydrogens is 529 g/mol. The van der Waals surface area contributed by atoms with Crippen LogP contribution in [0.5, 0.6) is 17.2 Å². The first-order valence-corrected chi connectivity index (χ1v) is 11.5. The molecule has 12 heteroatoms. The molecule has 3 aromatic carbocycles. The summed E-state index contributed by atoms with van der Waals surface area (Å²) in [6.45, 7) is -0.763. The van der Waals surface area contributed by atoms with Crippen molar-refractivity contribution in [2.75, 3.05) is 24.4 Å². The van der Waals surface area contributed by atoms with Gasteiger partial charge in [-0.15, -0.1) is 0 Å². The highest BCUT2D eigenvalue weighted by Crippen LogP contribution is 2.34. The van der Waals surface area contributed by atoms with Crippen LogP contribution in [0.25, 0.3) is 0 Å². The van der Waals surface area contributed by atoms with E-state index in [1.807, 2.05) is 6.07 Å². The SMILES string of the molecule is COc1ccccc1Oc1ccc(NC(=O)CCC(=O)OCC(=O)Nc2cc(C(F)(F)F)ccc2Cl)cc1. The minimum absolute atomic E-state index is 0.117. The van der Waals surface area contributed by atoms with Crippen LogP contribution in [-0.4, -0.2) is 31.5 Å².